The molecule has 1 heterocycles. The lowest BCUT2D eigenvalue weighted by Gasteiger charge is -2.34. The number of ether oxygens (including phenoxy) is 1. The quantitative estimate of drug-likeness (QED) is 0.437. The summed E-state index contributed by atoms with van der Waals surface area (Å²) in [4.78, 5) is 43.6. The van der Waals surface area contributed by atoms with Gasteiger partial charge in [0.05, 0.1) is 25.6 Å². The number of nitrogens with one attached hydrogen (secondary N) is 2. The lowest BCUT2D eigenvalue weighted by atomic mass is 10.0. The van der Waals surface area contributed by atoms with E-state index in [2.05, 4.69) is 10.6 Å². The Labute approximate surface area is 221 Å². The summed E-state index contributed by atoms with van der Waals surface area (Å²) in [7, 11) is 5.65. The van der Waals surface area contributed by atoms with Gasteiger partial charge in [0.1, 0.15) is 11.9 Å². The SMILES string of the molecule is CC(C)NC(=O)N(C)C[C@H]1Oc2ccc(NC(=O)CCCN(C)C)cc2CC(=O)N([C@@H](C)CO)C[C@@H]1C. The smallest absolute Gasteiger partial charge is 0.317 e. The van der Waals surface area contributed by atoms with Gasteiger partial charge in [0.15, 0.2) is 0 Å². The number of carbonyl (C=O) groups excluding carboxylic acids is 3. The molecule has 4 amide bonds. The van der Waals surface area contributed by atoms with Crippen molar-refractivity contribution in [3.05, 3.63) is 23.8 Å². The number of amides is 4. The van der Waals surface area contributed by atoms with E-state index >= 15 is 0 Å². The van der Waals surface area contributed by atoms with Gasteiger partial charge in [-0.2, -0.15) is 0 Å². The number of carbonyl (C=O) groups is 3. The predicted molar refractivity (Wildman–Crippen MR) is 145 cm³/mol. The van der Waals surface area contributed by atoms with E-state index in [4.69, 9.17) is 4.74 Å². The molecule has 1 aliphatic heterocycles. The maximum absolute atomic E-state index is 13.3. The average molecular weight is 520 g/mol. The van der Waals surface area contributed by atoms with E-state index in [0.717, 1.165) is 13.0 Å². The number of anilines is 1. The zero-order valence-corrected chi connectivity index (χ0v) is 23.4. The summed E-state index contributed by atoms with van der Waals surface area (Å²) in [5, 5.41) is 15.6. The first-order valence-electron chi connectivity index (χ1n) is 13.1. The fraction of sp³-hybridized carbons (Fsp3) is 0.667. The zero-order valence-electron chi connectivity index (χ0n) is 23.4. The molecule has 3 N–H and O–H groups in total. The van der Waals surface area contributed by atoms with Crippen LogP contribution in [0.2, 0.25) is 0 Å². The molecule has 3 atom stereocenters. The Bertz CT molecular complexity index is 922. The summed E-state index contributed by atoms with van der Waals surface area (Å²) in [6, 6.07) is 4.77. The molecule has 2 rings (SSSR count). The molecule has 1 aromatic rings. The summed E-state index contributed by atoms with van der Waals surface area (Å²) in [6.07, 6.45) is 0.827. The molecule has 1 aromatic carbocycles. The highest BCUT2D eigenvalue weighted by Crippen LogP contribution is 2.29. The van der Waals surface area contributed by atoms with Gasteiger partial charge in [0.25, 0.3) is 0 Å². The average Bonchev–Trinajstić information content (AvgIpc) is 2.85. The lowest BCUT2D eigenvalue weighted by molar-refractivity contribution is -0.134. The van der Waals surface area contributed by atoms with Crippen LogP contribution in [0, 0.1) is 5.92 Å². The van der Waals surface area contributed by atoms with Gasteiger partial charge in [-0.3, -0.25) is 9.59 Å². The Morgan fingerprint density at radius 2 is 1.92 bits per heavy atom. The summed E-state index contributed by atoms with van der Waals surface area (Å²) in [6.45, 7) is 8.97. The summed E-state index contributed by atoms with van der Waals surface area (Å²) < 4.78 is 6.43. The first-order chi connectivity index (χ1) is 17.4. The summed E-state index contributed by atoms with van der Waals surface area (Å²) in [5.74, 6) is 0.220. The maximum Gasteiger partial charge on any atom is 0.317 e. The Balaban J connectivity index is 2.31. The number of aliphatic hydroxyl groups excluding tert-OH is 1. The van der Waals surface area contributed by atoms with E-state index in [1.165, 1.54) is 0 Å². The van der Waals surface area contributed by atoms with E-state index in [-0.39, 0.29) is 48.9 Å². The monoisotopic (exact) mass is 519 g/mol. The van der Waals surface area contributed by atoms with Crippen LogP contribution in [0.5, 0.6) is 5.75 Å². The van der Waals surface area contributed by atoms with Crippen LogP contribution in [0.1, 0.15) is 46.1 Å². The van der Waals surface area contributed by atoms with Crippen molar-refractivity contribution in [3.8, 4) is 5.75 Å². The van der Waals surface area contributed by atoms with Crippen molar-refractivity contribution in [2.45, 2.75) is 65.1 Å². The zero-order chi connectivity index (χ0) is 27.7. The molecule has 0 radical (unpaired) electrons. The van der Waals surface area contributed by atoms with E-state index in [9.17, 15) is 19.5 Å². The van der Waals surface area contributed by atoms with Gasteiger partial charge >= 0.3 is 6.03 Å². The highest BCUT2D eigenvalue weighted by molar-refractivity contribution is 5.91. The van der Waals surface area contributed by atoms with Crippen molar-refractivity contribution in [2.75, 3.05) is 52.7 Å². The minimum Gasteiger partial charge on any atom is -0.488 e. The number of fused-ring (bicyclic) bond motifs is 1. The van der Waals surface area contributed by atoms with Gasteiger partial charge in [-0.25, -0.2) is 4.79 Å². The number of urea groups is 1. The van der Waals surface area contributed by atoms with Gasteiger partial charge < -0.3 is 35.2 Å². The molecule has 1 aliphatic rings. The number of likely N-dealkylation sites (N-methyl/N-ethyl adjacent to an activating group) is 1. The van der Waals surface area contributed by atoms with E-state index in [1.54, 1.807) is 35.0 Å². The summed E-state index contributed by atoms with van der Waals surface area (Å²) in [5.41, 5.74) is 1.25. The van der Waals surface area contributed by atoms with Crippen molar-refractivity contribution >= 4 is 23.5 Å². The van der Waals surface area contributed by atoms with Crippen LogP contribution in [0.25, 0.3) is 0 Å². The van der Waals surface area contributed by atoms with Crippen LogP contribution < -0.4 is 15.4 Å². The third-order valence-electron chi connectivity index (χ3n) is 6.42. The van der Waals surface area contributed by atoms with Crippen molar-refractivity contribution in [3.63, 3.8) is 0 Å². The molecular weight excluding hydrogens is 474 g/mol. The standard InChI is InChI=1S/C27H45N5O5/c1-18(2)28-27(36)31(7)16-24-19(3)15-32(20(4)17-33)26(35)14-21-13-22(10-11-23(21)37-24)29-25(34)9-8-12-30(5)6/h10-11,13,18-20,24,33H,8-9,12,14-17H2,1-7H3,(H,28,36)(H,29,34)/t19-,20-,24+/m0/s1. The van der Waals surface area contributed by atoms with Gasteiger partial charge in [-0.15, -0.1) is 0 Å². The molecule has 0 saturated carbocycles. The summed E-state index contributed by atoms with van der Waals surface area (Å²) >= 11 is 0. The molecule has 0 saturated heterocycles. The van der Waals surface area contributed by atoms with Crippen molar-refractivity contribution in [1.82, 2.24) is 20.0 Å². The van der Waals surface area contributed by atoms with Crippen molar-refractivity contribution in [2.24, 2.45) is 5.92 Å². The number of rotatable bonds is 10. The molecule has 0 unspecified atom stereocenters. The first kappa shape index (κ1) is 30.4. The minimum atomic E-state index is -0.396. The van der Waals surface area contributed by atoms with Gasteiger partial charge in [-0.1, -0.05) is 6.92 Å². The fourth-order valence-corrected chi connectivity index (χ4v) is 4.21. The largest absolute Gasteiger partial charge is 0.488 e. The third kappa shape index (κ3) is 9.51. The second-order valence-electron chi connectivity index (χ2n) is 10.7. The number of hydrogen-bond donors (Lipinski definition) is 3. The van der Waals surface area contributed by atoms with Crippen molar-refractivity contribution < 1.29 is 24.2 Å². The topological polar surface area (TPSA) is 114 Å². The molecule has 37 heavy (non-hydrogen) atoms. The molecule has 10 heteroatoms. The Kier molecular flexibility index (Phi) is 11.6. The van der Waals surface area contributed by atoms with Crippen LogP contribution >= 0.6 is 0 Å². The van der Waals surface area contributed by atoms with Gasteiger partial charge in [-0.05, 0) is 66.0 Å². The highest BCUT2D eigenvalue weighted by atomic mass is 16.5. The van der Waals surface area contributed by atoms with Crippen LogP contribution in [-0.2, 0) is 16.0 Å². The van der Waals surface area contributed by atoms with Crippen LogP contribution in [0.15, 0.2) is 18.2 Å². The third-order valence-corrected chi connectivity index (χ3v) is 6.42. The Hall–Kier alpha value is -2.85. The van der Waals surface area contributed by atoms with Crippen LogP contribution in [0.3, 0.4) is 0 Å². The Morgan fingerprint density at radius 3 is 2.54 bits per heavy atom. The minimum absolute atomic E-state index is 0.00424. The lowest BCUT2D eigenvalue weighted by Crippen LogP contribution is -2.49. The molecule has 0 bridgehead atoms. The molecule has 208 valence electrons. The molecule has 10 nitrogen and oxygen atoms in total. The van der Waals surface area contributed by atoms with Gasteiger partial charge in [0.2, 0.25) is 11.8 Å². The van der Waals surface area contributed by atoms with Crippen molar-refractivity contribution in [1.29, 1.82) is 0 Å². The number of aliphatic hydroxyl groups is 1. The number of nitrogens with zero attached hydrogens (tertiary/aromatic N) is 3. The Morgan fingerprint density at radius 1 is 1.22 bits per heavy atom. The second-order valence-corrected chi connectivity index (χ2v) is 10.7. The predicted octanol–water partition coefficient (Wildman–Crippen LogP) is 2.17. The van der Waals surface area contributed by atoms with Crippen LogP contribution in [-0.4, -0.2) is 103 Å². The molecular formula is C27H45N5O5. The van der Waals surface area contributed by atoms with Gasteiger partial charge in [0, 0.05) is 43.2 Å². The molecule has 0 aromatic heterocycles. The molecule has 0 aliphatic carbocycles. The van der Waals surface area contributed by atoms with E-state index in [1.807, 2.05) is 46.7 Å². The molecule has 0 spiro atoms. The van der Waals surface area contributed by atoms with Crippen LogP contribution in [0.4, 0.5) is 10.5 Å². The number of benzene rings is 1. The number of hydrogen-bond acceptors (Lipinski definition) is 6. The van der Waals surface area contributed by atoms with E-state index in [0.29, 0.717) is 36.5 Å². The molecule has 0 fully saturated rings. The first-order valence-corrected chi connectivity index (χ1v) is 13.1. The highest BCUT2D eigenvalue weighted by Gasteiger charge is 2.32. The normalized spacial score (nSPS) is 18.9. The maximum atomic E-state index is 13.3. The second kappa shape index (κ2) is 14.2. The van der Waals surface area contributed by atoms with E-state index < -0.39 is 6.10 Å². The fourth-order valence-electron chi connectivity index (χ4n) is 4.21.